The van der Waals surface area contributed by atoms with Crippen molar-refractivity contribution >= 4 is 21.3 Å². The number of aromatic nitrogens is 2. The van der Waals surface area contributed by atoms with E-state index in [-0.39, 0.29) is 4.90 Å². The van der Waals surface area contributed by atoms with E-state index in [4.69, 9.17) is 0 Å². The SMILES string of the molecule is O=[N+]([O-])c1[nH]nc(S(=O)(=O)c2ccccc2)c1[N+](=O)[O-]. The van der Waals surface area contributed by atoms with E-state index in [1.54, 1.807) is 11.2 Å². The third-order valence-corrected chi connectivity index (χ3v) is 4.05. The molecule has 2 aromatic rings. The van der Waals surface area contributed by atoms with Crippen LogP contribution in [0.5, 0.6) is 0 Å². The third kappa shape index (κ3) is 2.09. The molecule has 10 nitrogen and oxygen atoms in total. The summed E-state index contributed by atoms with van der Waals surface area (Å²) in [5, 5.41) is 25.5. The summed E-state index contributed by atoms with van der Waals surface area (Å²) in [6.07, 6.45) is 0. The number of hydrogen-bond donors (Lipinski definition) is 1. The number of aromatic amines is 1. The minimum atomic E-state index is -4.32. The van der Waals surface area contributed by atoms with Crippen molar-refractivity contribution in [3.05, 3.63) is 50.6 Å². The predicted molar refractivity (Wildman–Crippen MR) is 63.8 cm³/mol. The van der Waals surface area contributed by atoms with Gasteiger partial charge in [-0.1, -0.05) is 23.3 Å². The summed E-state index contributed by atoms with van der Waals surface area (Å²) in [5.41, 5.74) is -1.18. The molecular weight excluding hydrogens is 292 g/mol. The Morgan fingerprint density at radius 3 is 2.15 bits per heavy atom. The Labute approximate surface area is 111 Å². The first kappa shape index (κ1) is 13.6. The van der Waals surface area contributed by atoms with Crippen LogP contribution in [0.4, 0.5) is 11.5 Å². The molecule has 0 radical (unpaired) electrons. The molecule has 11 heteroatoms. The number of nitro groups is 2. The first-order valence-electron chi connectivity index (χ1n) is 5.03. The Kier molecular flexibility index (Phi) is 3.19. The van der Waals surface area contributed by atoms with Crippen LogP contribution in [0.25, 0.3) is 0 Å². The van der Waals surface area contributed by atoms with Gasteiger partial charge in [-0.3, -0.25) is 10.1 Å². The summed E-state index contributed by atoms with van der Waals surface area (Å²) >= 11 is 0. The Morgan fingerprint density at radius 2 is 1.65 bits per heavy atom. The Hall–Kier alpha value is -2.82. The summed E-state index contributed by atoms with van der Waals surface area (Å²) in [6.45, 7) is 0. The molecule has 0 spiro atoms. The lowest BCUT2D eigenvalue weighted by molar-refractivity contribution is -0.426. The highest BCUT2D eigenvalue weighted by Gasteiger charge is 2.40. The molecule has 0 saturated carbocycles. The van der Waals surface area contributed by atoms with Crippen LogP contribution in [-0.4, -0.2) is 28.5 Å². The average Bonchev–Trinajstić information content (AvgIpc) is 2.85. The van der Waals surface area contributed by atoms with Gasteiger partial charge in [0.1, 0.15) is 0 Å². The van der Waals surface area contributed by atoms with Gasteiger partial charge in [-0.2, -0.15) is 0 Å². The number of nitrogens with zero attached hydrogens (tertiary/aromatic N) is 3. The smallest absolute Gasteiger partial charge is 0.358 e. The summed E-state index contributed by atoms with van der Waals surface area (Å²) < 4.78 is 24.4. The number of sulfone groups is 1. The van der Waals surface area contributed by atoms with Gasteiger partial charge in [0.2, 0.25) is 9.84 Å². The van der Waals surface area contributed by atoms with Crippen LogP contribution in [0, 0.1) is 20.2 Å². The molecule has 1 aromatic carbocycles. The molecule has 1 N–H and O–H groups in total. The van der Waals surface area contributed by atoms with E-state index in [0.29, 0.717) is 0 Å². The van der Waals surface area contributed by atoms with Crippen molar-refractivity contribution in [1.29, 1.82) is 0 Å². The molecule has 0 fully saturated rings. The second kappa shape index (κ2) is 4.70. The maximum atomic E-state index is 12.2. The lowest BCUT2D eigenvalue weighted by Gasteiger charge is -1.99. The summed E-state index contributed by atoms with van der Waals surface area (Å²) in [6, 6.07) is 6.80. The molecular formula is C9H6N4O6S. The molecule has 0 atom stereocenters. The maximum absolute atomic E-state index is 12.2. The molecule has 20 heavy (non-hydrogen) atoms. The molecule has 0 aliphatic carbocycles. The second-order valence-corrected chi connectivity index (χ2v) is 5.42. The fraction of sp³-hybridized carbons (Fsp3) is 0. The van der Waals surface area contributed by atoms with E-state index in [1.165, 1.54) is 24.3 Å². The summed E-state index contributed by atoms with van der Waals surface area (Å²) in [5.74, 6) is -1.08. The maximum Gasteiger partial charge on any atom is 0.423 e. The zero-order valence-corrected chi connectivity index (χ0v) is 10.4. The van der Waals surface area contributed by atoms with Gasteiger partial charge < -0.3 is 10.1 Å². The van der Waals surface area contributed by atoms with E-state index in [2.05, 4.69) is 5.10 Å². The van der Waals surface area contributed by atoms with Crippen molar-refractivity contribution in [1.82, 2.24) is 10.2 Å². The van der Waals surface area contributed by atoms with Crippen LogP contribution in [0.3, 0.4) is 0 Å². The Balaban J connectivity index is 2.71. The number of hydrogen-bond acceptors (Lipinski definition) is 7. The molecule has 0 aliphatic heterocycles. The van der Waals surface area contributed by atoms with Crippen LogP contribution < -0.4 is 0 Å². The molecule has 104 valence electrons. The van der Waals surface area contributed by atoms with Gasteiger partial charge in [-0.05, 0) is 17.1 Å². The van der Waals surface area contributed by atoms with Crippen LogP contribution in [-0.2, 0) is 9.84 Å². The number of H-pyrrole nitrogens is 1. The Morgan fingerprint density at radius 1 is 1.05 bits per heavy atom. The lowest BCUT2D eigenvalue weighted by atomic mass is 10.4. The highest BCUT2D eigenvalue weighted by molar-refractivity contribution is 7.91. The van der Waals surface area contributed by atoms with Crippen molar-refractivity contribution in [2.45, 2.75) is 9.92 Å². The largest absolute Gasteiger partial charge is 0.423 e. The molecule has 2 rings (SSSR count). The van der Waals surface area contributed by atoms with Crippen molar-refractivity contribution < 1.29 is 18.3 Å². The predicted octanol–water partition coefficient (Wildman–Crippen LogP) is 1.06. The molecule has 0 aliphatic rings. The van der Waals surface area contributed by atoms with E-state index in [9.17, 15) is 28.6 Å². The molecule has 0 bridgehead atoms. The number of nitrogens with one attached hydrogen (secondary N) is 1. The molecule has 1 heterocycles. The standard InChI is InChI=1S/C9H6N4O6S/c14-12(15)7-8(13(16)17)10-11-9(7)20(18,19)6-4-2-1-3-5-6/h1-5H,(H,10,11). The minimum absolute atomic E-state index is 0.246. The van der Waals surface area contributed by atoms with E-state index in [0.717, 1.165) is 0 Å². The van der Waals surface area contributed by atoms with Crippen LogP contribution in [0.2, 0.25) is 0 Å². The van der Waals surface area contributed by atoms with Crippen molar-refractivity contribution in [2.75, 3.05) is 0 Å². The minimum Gasteiger partial charge on any atom is -0.358 e. The van der Waals surface area contributed by atoms with Crippen molar-refractivity contribution in [3.8, 4) is 0 Å². The lowest BCUT2D eigenvalue weighted by Crippen LogP contribution is -2.05. The van der Waals surface area contributed by atoms with Gasteiger partial charge in [0.05, 0.1) is 9.82 Å². The van der Waals surface area contributed by atoms with Crippen molar-refractivity contribution in [3.63, 3.8) is 0 Å². The van der Waals surface area contributed by atoms with Gasteiger partial charge in [0.15, 0.2) is 0 Å². The van der Waals surface area contributed by atoms with Gasteiger partial charge in [0.25, 0.3) is 5.03 Å². The zero-order valence-electron chi connectivity index (χ0n) is 9.59. The molecule has 0 amide bonds. The molecule has 0 unspecified atom stereocenters. The van der Waals surface area contributed by atoms with E-state index >= 15 is 0 Å². The highest BCUT2D eigenvalue weighted by Crippen LogP contribution is 2.33. The van der Waals surface area contributed by atoms with Crippen LogP contribution in [0.1, 0.15) is 0 Å². The monoisotopic (exact) mass is 298 g/mol. The fourth-order valence-electron chi connectivity index (χ4n) is 1.50. The van der Waals surface area contributed by atoms with Crippen LogP contribution >= 0.6 is 0 Å². The van der Waals surface area contributed by atoms with E-state index < -0.39 is 36.2 Å². The third-order valence-electron chi connectivity index (χ3n) is 2.36. The number of benzene rings is 1. The quantitative estimate of drug-likeness (QED) is 0.654. The Bertz CT molecular complexity index is 782. The zero-order chi connectivity index (χ0) is 14.9. The number of rotatable bonds is 4. The topological polar surface area (TPSA) is 149 Å². The summed E-state index contributed by atoms with van der Waals surface area (Å²) in [7, 11) is -4.32. The van der Waals surface area contributed by atoms with Gasteiger partial charge in [0, 0.05) is 0 Å². The van der Waals surface area contributed by atoms with Crippen molar-refractivity contribution in [2.24, 2.45) is 0 Å². The second-order valence-electron chi connectivity index (χ2n) is 3.56. The first-order valence-corrected chi connectivity index (χ1v) is 6.51. The van der Waals surface area contributed by atoms with E-state index in [1.807, 2.05) is 0 Å². The normalized spacial score (nSPS) is 11.2. The highest BCUT2D eigenvalue weighted by atomic mass is 32.2. The first-order chi connectivity index (χ1) is 9.35. The average molecular weight is 298 g/mol. The van der Waals surface area contributed by atoms with Gasteiger partial charge >= 0.3 is 11.5 Å². The molecule has 0 saturated heterocycles. The van der Waals surface area contributed by atoms with Gasteiger partial charge in [-0.15, -0.1) is 5.10 Å². The summed E-state index contributed by atoms with van der Waals surface area (Å²) in [4.78, 5) is 19.0. The van der Waals surface area contributed by atoms with Crippen LogP contribution in [0.15, 0.2) is 40.3 Å². The molecule has 1 aromatic heterocycles. The fourth-order valence-corrected chi connectivity index (χ4v) is 2.83. The van der Waals surface area contributed by atoms with Gasteiger partial charge in [-0.25, -0.2) is 8.42 Å².